The van der Waals surface area contributed by atoms with E-state index in [4.69, 9.17) is 10.9 Å². The molecule has 8 N–H and O–H groups in total. The molecule has 1 saturated heterocycles. The van der Waals surface area contributed by atoms with Gasteiger partial charge >= 0.3 is 0 Å². The number of imidazole rings is 1. The first-order valence-electron chi connectivity index (χ1n) is 9.58. The van der Waals surface area contributed by atoms with Crippen LogP contribution in [-0.4, -0.2) is 48.7 Å². The smallest absolute Gasteiger partial charge is 0.239 e. The van der Waals surface area contributed by atoms with Crippen molar-refractivity contribution in [2.24, 2.45) is 5.14 Å². The van der Waals surface area contributed by atoms with Gasteiger partial charge in [-0.15, -0.1) is 0 Å². The van der Waals surface area contributed by atoms with Crippen LogP contribution in [0.4, 0.5) is 5.95 Å². The highest BCUT2D eigenvalue weighted by molar-refractivity contribution is 7.98. The Kier molecular flexibility index (Phi) is 5.81. The molecule has 4 rings (SSSR count). The van der Waals surface area contributed by atoms with Gasteiger partial charge in [-0.1, -0.05) is 24.8 Å². The highest BCUT2D eigenvalue weighted by Crippen LogP contribution is 2.40. The lowest BCUT2D eigenvalue weighted by Crippen LogP contribution is -2.34. The van der Waals surface area contributed by atoms with Crippen molar-refractivity contribution in [1.82, 2.24) is 20.0 Å². The number of hydrogen-bond acceptors (Lipinski definition) is 8. The largest absolute Gasteiger partial charge is 0.390 e. The number of rotatable bonds is 6. The number of β-amino-alcohol motifs (C(OH)–C–C–N with tert-alkyl or cyclic N) is 1. The lowest BCUT2D eigenvalue weighted by Gasteiger charge is -2.20. The van der Waals surface area contributed by atoms with Crippen LogP contribution in [0.5, 0.6) is 0 Å². The molecule has 2 atom stereocenters. The zero-order chi connectivity index (χ0) is 22.3. The zero-order valence-electron chi connectivity index (χ0n) is 16.8. The Hall–Kier alpha value is -2.41. The van der Waals surface area contributed by atoms with Gasteiger partial charge in [-0.25, -0.2) is 18.5 Å². The Morgan fingerprint density at radius 3 is 2.71 bits per heavy atom. The molecule has 2 aromatic carbocycles. The Morgan fingerprint density at radius 1 is 1.29 bits per heavy atom. The molecule has 0 bridgehead atoms. The number of nitrogens with one attached hydrogen (secondary N) is 3. The van der Waals surface area contributed by atoms with Gasteiger partial charge in [0.2, 0.25) is 10.0 Å². The maximum Gasteiger partial charge on any atom is 0.239 e. The molecule has 0 saturated carbocycles. The van der Waals surface area contributed by atoms with Crippen molar-refractivity contribution in [2.45, 2.75) is 28.9 Å². The number of nitrogen functional groups attached to an aromatic ring is 1. The summed E-state index contributed by atoms with van der Waals surface area (Å²) in [5.41, 5.74) is 9.52. The molecule has 1 aliphatic rings. The molecule has 11 heteroatoms. The number of aliphatic hydroxyl groups is 1. The van der Waals surface area contributed by atoms with Crippen molar-refractivity contribution in [3.05, 3.63) is 42.5 Å². The number of aromatic amines is 1. The summed E-state index contributed by atoms with van der Waals surface area (Å²) in [7, 11) is -4.10. The quantitative estimate of drug-likeness (QED) is 0.301. The maximum absolute atomic E-state index is 12.7. The van der Waals surface area contributed by atoms with E-state index in [1.54, 1.807) is 13.0 Å². The topological polar surface area (TPSA) is 159 Å². The molecule has 0 spiro atoms. The van der Waals surface area contributed by atoms with Gasteiger partial charge in [0, 0.05) is 29.1 Å². The number of H-pyrrole nitrogens is 1. The summed E-state index contributed by atoms with van der Waals surface area (Å²) in [6, 6.07) is 8.84. The number of fused-ring (bicyclic) bond motifs is 1. The minimum absolute atomic E-state index is 0.0176. The summed E-state index contributed by atoms with van der Waals surface area (Å²) in [6.07, 6.45) is -0.562. The number of hydrogen-bond donors (Lipinski definition) is 6. The second-order valence-corrected chi connectivity index (χ2v) is 9.89. The molecule has 1 aromatic heterocycles. The molecule has 0 radical (unpaired) electrons. The summed E-state index contributed by atoms with van der Waals surface area (Å²) >= 11 is 1.13. The average molecular weight is 461 g/mol. The summed E-state index contributed by atoms with van der Waals surface area (Å²) in [5.74, 6) is 0.270. The van der Waals surface area contributed by atoms with Crippen LogP contribution in [0.2, 0.25) is 0 Å². The molecule has 1 aliphatic heterocycles. The predicted octanol–water partition coefficient (Wildman–Crippen LogP) is 1.42. The standard InChI is InChI=1S/C20H24N6O3S2/c1-10(2)17-11(12-4-3-5-13-18(12)25-20(21)24-13)6-7-16(19(17)31(22,28)29)30-26-14-8-23-9-15(14)27/h3-7,14-15,23,26-27H,1,8-9H2,2H3,(H3,21,24,25)(H2,22,28,29). The molecule has 2 heterocycles. The Morgan fingerprint density at radius 2 is 2.06 bits per heavy atom. The van der Waals surface area contributed by atoms with E-state index in [0.29, 0.717) is 45.8 Å². The van der Waals surface area contributed by atoms with E-state index in [1.165, 1.54) is 0 Å². The van der Waals surface area contributed by atoms with Gasteiger partial charge in [0.15, 0.2) is 5.95 Å². The number of nitrogens with two attached hydrogens (primary N) is 2. The summed E-state index contributed by atoms with van der Waals surface area (Å²) < 4.78 is 28.5. The van der Waals surface area contributed by atoms with Crippen LogP contribution in [-0.2, 0) is 10.0 Å². The molecule has 31 heavy (non-hydrogen) atoms. The minimum Gasteiger partial charge on any atom is -0.390 e. The van der Waals surface area contributed by atoms with Crippen molar-refractivity contribution in [2.75, 3.05) is 18.8 Å². The third-order valence-electron chi connectivity index (χ3n) is 5.16. The third-order valence-corrected chi connectivity index (χ3v) is 7.26. The fourth-order valence-corrected chi connectivity index (χ4v) is 6.01. The first-order chi connectivity index (χ1) is 14.7. The van der Waals surface area contributed by atoms with Crippen molar-refractivity contribution >= 4 is 44.5 Å². The number of aliphatic hydroxyl groups excluding tert-OH is 1. The number of primary sulfonamides is 1. The number of nitrogens with zero attached hydrogens (tertiary/aromatic N) is 1. The minimum atomic E-state index is -4.10. The van der Waals surface area contributed by atoms with E-state index in [9.17, 15) is 13.5 Å². The van der Waals surface area contributed by atoms with Gasteiger partial charge in [-0.05, 0) is 42.1 Å². The third kappa shape index (κ3) is 4.20. The van der Waals surface area contributed by atoms with Gasteiger partial charge in [-0.3, -0.25) is 4.72 Å². The fourth-order valence-electron chi connectivity index (χ4n) is 3.77. The van der Waals surface area contributed by atoms with E-state index < -0.39 is 16.1 Å². The predicted molar refractivity (Wildman–Crippen MR) is 124 cm³/mol. The highest BCUT2D eigenvalue weighted by atomic mass is 32.2. The highest BCUT2D eigenvalue weighted by Gasteiger charge is 2.28. The van der Waals surface area contributed by atoms with Crippen molar-refractivity contribution < 1.29 is 13.5 Å². The van der Waals surface area contributed by atoms with Crippen LogP contribution in [0.25, 0.3) is 27.7 Å². The summed E-state index contributed by atoms with van der Waals surface area (Å²) in [6.45, 7) is 6.80. The number of benzene rings is 2. The maximum atomic E-state index is 12.7. The molecule has 164 valence electrons. The summed E-state index contributed by atoms with van der Waals surface area (Å²) in [4.78, 5) is 7.76. The van der Waals surface area contributed by atoms with Gasteiger partial charge in [0.1, 0.15) is 4.90 Å². The molecule has 2 unspecified atom stereocenters. The van der Waals surface area contributed by atoms with E-state index in [-0.39, 0.29) is 16.9 Å². The van der Waals surface area contributed by atoms with Crippen molar-refractivity contribution in [1.29, 1.82) is 0 Å². The Bertz CT molecular complexity index is 1270. The first-order valence-corrected chi connectivity index (χ1v) is 11.9. The number of sulfonamides is 1. The SMILES string of the molecule is C=C(C)c1c(-c2cccc3[nH]c(N)nc23)ccc(SNC2CNCC2O)c1S(N)(=O)=O. The Labute approximate surface area is 184 Å². The monoisotopic (exact) mass is 460 g/mol. The lowest BCUT2D eigenvalue weighted by atomic mass is 9.95. The average Bonchev–Trinajstić information content (AvgIpc) is 3.28. The van der Waals surface area contributed by atoms with E-state index in [0.717, 1.165) is 17.5 Å². The second-order valence-electron chi connectivity index (χ2n) is 7.52. The first kappa shape index (κ1) is 21.8. The van der Waals surface area contributed by atoms with Crippen molar-refractivity contribution in [3.63, 3.8) is 0 Å². The van der Waals surface area contributed by atoms with Crippen LogP contribution >= 0.6 is 11.9 Å². The van der Waals surface area contributed by atoms with Gasteiger partial charge < -0.3 is 21.1 Å². The van der Waals surface area contributed by atoms with Crippen LogP contribution in [0.1, 0.15) is 12.5 Å². The fraction of sp³-hybridized carbons (Fsp3) is 0.250. The summed E-state index contributed by atoms with van der Waals surface area (Å²) in [5, 5.41) is 18.8. The van der Waals surface area contributed by atoms with Crippen LogP contribution in [0.3, 0.4) is 0 Å². The zero-order valence-corrected chi connectivity index (χ0v) is 18.5. The van der Waals surface area contributed by atoms with Gasteiger partial charge in [-0.2, -0.15) is 0 Å². The van der Waals surface area contributed by atoms with Crippen LogP contribution < -0.4 is 20.9 Å². The van der Waals surface area contributed by atoms with Crippen LogP contribution in [0, 0.1) is 0 Å². The molecule has 0 aliphatic carbocycles. The molecule has 9 nitrogen and oxygen atoms in total. The Balaban J connectivity index is 1.88. The van der Waals surface area contributed by atoms with Gasteiger partial charge in [0.05, 0.1) is 23.2 Å². The number of anilines is 1. The molecular weight excluding hydrogens is 436 g/mol. The molecule has 1 fully saturated rings. The molecule has 3 aromatic rings. The van der Waals surface area contributed by atoms with Crippen LogP contribution in [0.15, 0.2) is 46.7 Å². The van der Waals surface area contributed by atoms with E-state index in [1.807, 2.05) is 24.3 Å². The molecular formula is C20H24N6O3S2. The van der Waals surface area contributed by atoms with Crippen molar-refractivity contribution in [3.8, 4) is 11.1 Å². The second kappa shape index (κ2) is 8.26. The molecule has 0 amide bonds. The van der Waals surface area contributed by atoms with E-state index in [2.05, 4.69) is 26.6 Å². The lowest BCUT2D eigenvalue weighted by molar-refractivity contribution is 0.174. The van der Waals surface area contributed by atoms with Gasteiger partial charge in [0.25, 0.3) is 0 Å². The number of aromatic nitrogens is 2. The number of allylic oxidation sites excluding steroid dienone is 1. The number of para-hydroxylation sites is 1. The normalized spacial score (nSPS) is 19.2. The van der Waals surface area contributed by atoms with E-state index >= 15 is 0 Å².